The van der Waals surface area contributed by atoms with E-state index in [-0.39, 0.29) is 18.2 Å². The van der Waals surface area contributed by atoms with Gasteiger partial charge < -0.3 is 15.6 Å². The zero-order valence-electron chi connectivity index (χ0n) is 10.5. The maximum atomic E-state index is 10.7. The van der Waals surface area contributed by atoms with Gasteiger partial charge in [-0.25, -0.2) is 0 Å². The predicted octanol–water partition coefficient (Wildman–Crippen LogP) is -0.539. The molecule has 0 spiro atoms. The van der Waals surface area contributed by atoms with Crippen LogP contribution in [0.2, 0.25) is 0 Å². The van der Waals surface area contributed by atoms with E-state index in [0.29, 0.717) is 13.0 Å². The van der Waals surface area contributed by atoms with Crippen LogP contribution in [0.1, 0.15) is 19.2 Å². The Bertz CT molecular complexity index is 432. The van der Waals surface area contributed by atoms with Gasteiger partial charge in [-0.1, -0.05) is 11.8 Å². The Balaban J connectivity index is 2.42. The van der Waals surface area contributed by atoms with Crippen LogP contribution in [0.25, 0.3) is 0 Å². The average molecular weight is 271 g/mol. The van der Waals surface area contributed by atoms with Gasteiger partial charge in [-0.3, -0.25) is 9.59 Å². The molecule has 1 aromatic heterocycles. The van der Waals surface area contributed by atoms with Crippen molar-refractivity contribution in [2.75, 3.05) is 12.3 Å². The number of nitrogens with zero attached hydrogens (tertiary/aromatic N) is 3. The predicted molar refractivity (Wildman–Crippen MR) is 67.9 cm³/mol. The summed E-state index contributed by atoms with van der Waals surface area (Å²) >= 11 is 1.50. The summed E-state index contributed by atoms with van der Waals surface area (Å²) in [5, 5.41) is 11.5. The van der Waals surface area contributed by atoms with Crippen LogP contribution < -0.4 is 11.1 Å². The van der Waals surface area contributed by atoms with Crippen molar-refractivity contribution in [2.45, 2.75) is 24.9 Å². The van der Waals surface area contributed by atoms with E-state index in [0.717, 1.165) is 16.7 Å². The quantitative estimate of drug-likeness (QED) is 0.512. The van der Waals surface area contributed by atoms with Crippen LogP contribution in [0.4, 0.5) is 0 Å². The van der Waals surface area contributed by atoms with Crippen molar-refractivity contribution in [1.82, 2.24) is 20.1 Å². The minimum Gasteiger partial charge on any atom is -0.370 e. The lowest BCUT2D eigenvalue weighted by Crippen LogP contribution is -2.22. The van der Waals surface area contributed by atoms with E-state index < -0.39 is 0 Å². The summed E-state index contributed by atoms with van der Waals surface area (Å²) in [5.41, 5.74) is 5.08. The Morgan fingerprint density at radius 2 is 2.17 bits per heavy atom. The number of hydrogen-bond acceptors (Lipinski definition) is 5. The minimum atomic E-state index is -0.349. The second-order valence-electron chi connectivity index (χ2n) is 3.76. The molecule has 0 saturated carbocycles. The molecule has 100 valence electrons. The molecule has 8 heteroatoms. The fourth-order valence-electron chi connectivity index (χ4n) is 1.29. The van der Waals surface area contributed by atoms with Gasteiger partial charge in [-0.2, -0.15) is 0 Å². The van der Waals surface area contributed by atoms with Gasteiger partial charge in [0.25, 0.3) is 0 Å². The molecule has 0 unspecified atom stereocenters. The first kappa shape index (κ1) is 14.5. The fourth-order valence-corrected chi connectivity index (χ4v) is 2.08. The summed E-state index contributed by atoms with van der Waals surface area (Å²) in [6.45, 7) is 2.07. The van der Waals surface area contributed by atoms with Crippen molar-refractivity contribution >= 4 is 23.6 Å². The zero-order chi connectivity index (χ0) is 13.5. The summed E-state index contributed by atoms with van der Waals surface area (Å²) in [5.74, 6) is 1.06. The summed E-state index contributed by atoms with van der Waals surface area (Å²) < 4.78 is 1.83. The standard InChI is InChI=1S/C10H17N5O2S/c1-7(16)12-5-6-18-10-14-13-9(15(10)2)4-3-8(11)17/h3-6H2,1-2H3,(H2,11,17)(H,12,16). The molecule has 0 radical (unpaired) electrons. The van der Waals surface area contributed by atoms with Crippen molar-refractivity contribution in [3.8, 4) is 0 Å². The van der Waals surface area contributed by atoms with E-state index in [1.54, 1.807) is 0 Å². The molecule has 0 saturated heterocycles. The van der Waals surface area contributed by atoms with Gasteiger partial charge >= 0.3 is 0 Å². The van der Waals surface area contributed by atoms with Gasteiger partial charge in [0, 0.05) is 39.1 Å². The molecule has 1 rings (SSSR count). The number of nitrogens with two attached hydrogens (primary N) is 1. The van der Waals surface area contributed by atoms with Crippen LogP contribution >= 0.6 is 11.8 Å². The topological polar surface area (TPSA) is 103 Å². The number of nitrogens with one attached hydrogen (secondary N) is 1. The number of carbonyl (C=O) groups is 2. The number of amides is 2. The molecule has 7 nitrogen and oxygen atoms in total. The minimum absolute atomic E-state index is 0.0456. The molecule has 0 aliphatic rings. The monoisotopic (exact) mass is 271 g/mol. The maximum Gasteiger partial charge on any atom is 0.217 e. The third-order valence-electron chi connectivity index (χ3n) is 2.23. The van der Waals surface area contributed by atoms with Crippen LogP contribution in [-0.4, -0.2) is 38.9 Å². The largest absolute Gasteiger partial charge is 0.370 e. The molecule has 0 fully saturated rings. The highest BCUT2D eigenvalue weighted by Crippen LogP contribution is 2.15. The molecule has 0 bridgehead atoms. The number of thioether (sulfide) groups is 1. The van der Waals surface area contributed by atoms with Crippen LogP contribution in [0.5, 0.6) is 0 Å². The molecule has 3 N–H and O–H groups in total. The number of aryl methyl sites for hydroxylation is 1. The molecular formula is C10H17N5O2S. The van der Waals surface area contributed by atoms with Crippen LogP contribution in [-0.2, 0) is 23.1 Å². The Hall–Kier alpha value is -1.57. The van der Waals surface area contributed by atoms with Gasteiger partial charge in [-0.15, -0.1) is 10.2 Å². The highest BCUT2D eigenvalue weighted by atomic mass is 32.2. The second-order valence-corrected chi connectivity index (χ2v) is 4.82. The van der Waals surface area contributed by atoms with Gasteiger partial charge in [-0.05, 0) is 0 Å². The second kappa shape index (κ2) is 7.00. The van der Waals surface area contributed by atoms with Crippen LogP contribution in [0, 0.1) is 0 Å². The van der Waals surface area contributed by atoms with E-state index in [1.165, 1.54) is 18.7 Å². The summed E-state index contributed by atoms with van der Waals surface area (Å²) in [4.78, 5) is 21.4. The van der Waals surface area contributed by atoms with Gasteiger partial charge in [0.1, 0.15) is 5.82 Å². The molecule has 0 atom stereocenters. The summed E-state index contributed by atoms with van der Waals surface area (Å²) in [6, 6.07) is 0. The molecule has 0 aliphatic heterocycles. The molecule has 0 aromatic carbocycles. The van der Waals surface area contributed by atoms with Crippen LogP contribution in [0.3, 0.4) is 0 Å². The smallest absolute Gasteiger partial charge is 0.217 e. The van der Waals surface area contributed by atoms with Crippen molar-refractivity contribution in [1.29, 1.82) is 0 Å². The Morgan fingerprint density at radius 1 is 1.44 bits per heavy atom. The third-order valence-corrected chi connectivity index (χ3v) is 3.25. The Kier molecular flexibility index (Phi) is 5.63. The molecule has 0 aliphatic carbocycles. The number of primary amides is 1. The SMILES string of the molecule is CC(=O)NCCSc1nnc(CCC(N)=O)n1C. The summed E-state index contributed by atoms with van der Waals surface area (Å²) in [7, 11) is 1.84. The Labute approximate surface area is 110 Å². The molecular weight excluding hydrogens is 254 g/mol. The first-order valence-corrected chi connectivity index (χ1v) is 6.53. The fraction of sp³-hybridized carbons (Fsp3) is 0.600. The van der Waals surface area contributed by atoms with Gasteiger partial charge in [0.15, 0.2) is 5.16 Å². The zero-order valence-corrected chi connectivity index (χ0v) is 11.3. The highest BCUT2D eigenvalue weighted by Gasteiger charge is 2.09. The normalized spacial score (nSPS) is 10.3. The van der Waals surface area contributed by atoms with Gasteiger partial charge in [0.05, 0.1) is 0 Å². The number of carbonyl (C=O) groups excluding carboxylic acids is 2. The molecule has 2 amide bonds. The van der Waals surface area contributed by atoms with Crippen LogP contribution in [0.15, 0.2) is 5.16 Å². The highest BCUT2D eigenvalue weighted by molar-refractivity contribution is 7.99. The molecule has 18 heavy (non-hydrogen) atoms. The van der Waals surface area contributed by atoms with E-state index >= 15 is 0 Å². The van der Waals surface area contributed by atoms with E-state index in [4.69, 9.17) is 5.73 Å². The van der Waals surface area contributed by atoms with Crippen molar-refractivity contribution in [3.63, 3.8) is 0 Å². The lowest BCUT2D eigenvalue weighted by atomic mass is 10.3. The Morgan fingerprint density at radius 3 is 2.78 bits per heavy atom. The van der Waals surface area contributed by atoms with E-state index in [1.807, 2.05) is 11.6 Å². The summed E-state index contributed by atoms with van der Waals surface area (Å²) in [6.07, 6.45) is 0.758. The van der Waals surface area contributed by atoms with Gasteiger partial charge in [0.2, 0.25) is 11.8 Å². The van der Waals surface area contributed by atoms with E-state index in [9.17, 15) is 9.59 Å². The van der Waals surface area contributed by atoms with Crippen molar-refractivity contribution < 1.29 is 9.59 Å². The van der Waals surface area contributed by atoms with Crippen molar-refractivity contribution in [2.24, 2.45) is 12.8 Å². The number of hydrogen-bond donors (Lipinski definition) is 2. The first-order chi connectivity index (χ1) is 8.50. The maximum absolute atomic E-state index is 10.7. The number of aromatic nitrogens is 3. The molecule has 1 heterocycles. The number of rotatable bonds is 7. The van der Waals surface area contributed by atoms with E-state index in [2.05, 4.69) is 15.5 Å². The van der Waals surface area contributed by atoms with Crippen molar-refractivity contribution in [3.05, 3.63) is 5.82 Å². The lowest BCUT2D eigenvalue weighted by molar-refractivity contribution is -0.119. The molecule has 1 aromatic rings. The third kappa shape index (κ3) is 4.74. The average Bonchev–Trinajstić information content (AvgIpc) is 2.63. The first-order valence-electron chi connectivity index (χ1n) is 5.54. The lowest BCUT2D eigenvalue weighted by Gasteiger charge is -2.03.